The SMILES string of the molecule is CC1=C(N)NC(N)=NC1(C)N1CCN(C)CC1. The fourth-order valence-corrected chi connectivity index (χ4v) is 2.38. The molecule has 0 bridgehead atoms. The highest BCUT2D eigenvalue weighted by atomic mass is 15.4. The molecule has 2 aliphatic rings. The summed E-state index contributed by atoms with van der Waals surface area (Å²) in [4.78, 5) is 9.20. The average molecular weight is 238 g/mol. The molecule has 2 rings (SSSR count). The van der Waals surface area contributed by atoms with E-state index < -0.39 is 5.66 Å². The Labute approximate surface area is 102 Å². The zero-order valence-electron chi connectivity index (χ0n) is 10.8. The van der Waals surface area contributed by atoms with Gasteiger partial charge in [-0.15, -0.1) is 0 Å². The maximum atomic E-state index is 5.95. The van der Waals surface area contributed by atoms with Crippen molar-refractivity contribution in [1.29, 1.82) is 0 Å². The van der Waals surface area contributed by atoms with Gasteiger partial charge in [0, 0.05) is 31.8 Å². The lowest BCUT2D eigenvalue weighted by atomic mass is 9.99. The molecule has 0 aliphatic carbocycles. The van der Waals surface area contributed by atoms with Crippen molar-refractivity contribution in [2.75, 3.05) is 33.2 Å². The Kier molecular flexibility index (Phi) is 3.01. The number of likely N-dealkylation sites (N-methyl/N-ethyl adjacent to an activating group) is 1. The lowest BCUT2D eigenvalue weighted by Crippen LogP contribution is -2.58. The quantitative estimate of drug-likeness (QED) is 0.549. The van der Waals surface area contributed by atoms with Gasteiger partial charge in [0.1, 0.15) is 11.5 Å². The van der Waals surface area contributed by atoms with Gasteiger partial charge in [0.05, 0.1) is 0 Å². The molecule has 0 spiro atoms. The molecule has 0 radical (unpaired) electrons. The molecular formula is C11H22N6. The van der Waals surface area contributed by atoms with Crippen LogP contribution in [0.5, 0.6) is 0 Å². The maximum absolute atomic E-state index is 5.95. The van der Waals surface area contributed by atoms with Crippen LogP contribution < -0.4 is 16.8 Å². The lowest BCUT2D eigenvalue weighted by molar-refractivity contribution is 0.0755. The zero-order chi connectivity index (χ0) is 12.6. The molecule has 0 saturated carbocycles. The van der Waals surface area contributed by atoms with Crippen LogP contribution in [0.25, 0.3) is 0 Å². The largest absolute Gasteiger partial charge is 0.385 e. The van der Waals surface area contributed by atoms with Crippen LogP contribution in [0, 0.1) is 0 Å². The molecule has 1 atom stereocenters. The van der Waals surface area contributed by atoms with Crippen molar-refractivity contribution in [3.63, 3.8) is 0 Å². The smallest absolute Gasteiger partial charge is 0.196 e. The monoisotopic (exact) mass is 238 g/mol. The third-order valence-electron chi connectivity index (χ3n) is 3.83. The van der Waals surface area contributed by atoms with Gasteiger partial charge in [0.15, 0.2) is 5.96 Å². The minimum atomic E-state index is -0.402. The molecule has 0 amide bonds. The zero-order valence-corrected chi connectivity index (χ0v) is 10.8. The number of piperazine rings is 1. The Bertz CT molecular complexity index is 366. The van der Waals surface area contributed by atoms with Crippen LogP contribution in [0.15, 0.2) is 16.4 Å². The van der Waals surface area contributed by atoms with E-state index in [0.29, 0.717) is 11.8 Å². The van der Waals surface area contributed by atoms with Crippen LogP contribution in [-0.4, -0.2) is 54.6 Å². The Morgan fingerprint density at radius 1 is 1.24 bits per heavy atom. The van der Waals surface area contributed by atoms with E-state index in [4.69, 9.17) is 11.5 Å². The van der Waals surface area contributed by atoms with Gasteiger partial charge in [-0.3, -0.25) is 4.90 Å². The minimum absolute atomic E-state index is 0.398. The van der Waals surface area contributed by atoms with Crippen LogP contribution in [0.4, 0.5) is 0 Å². The maximum Gasteiger partial charge on any atom is 0.196 e. The predicted molar refractivity (Wildman–Crippen MR) is 69.1 cm³/mol. The summed E-state index contributed by atoms with van der Waals surface area (Å²) in [7, 11) is 2.14. The molecule has 1 saturated heterocycles. The number of nitrogens with two attached hydrogens (primary N) is 2. The van der Waals surface area contributed by atoms with Crippen LogP contribution in [-0.2, 0) is 0 Å². The van der Waals surface area contributed by atoms with Gasteiger partial charge in [-0.1, -0.05) is 0 Å². The Hall–Kier alpha value is -1.27. The van der Waals surface area contributed by atoms with Gasteiger partial charge < -0.3 is 21.7 Å². The fraction of sp³-hybridized carbons (Fsp3) is 0.727. The first-order chi connectivity index (χ1) is 7.93. The van der Waals surface area contributed by atoms with E-state index in [1.807, 2.05) is 6.92 Å². The van der Waals surface area contributed by atoms with Crippen molar-refractivity contribution in [2.24, 2.45) is 16.5 Å². The molecule has 6 heteroatoms. The lowest BCUT2D eigenvalue weighted by Gasteiger charge is -2.45. The second-order valence-electron chi connectivity index (χ2n) is 4.97. The number of hydrogen-bond donors (Lipinski definition) is 3. The highest BCUT2D eigenvalue weighted by Crippen LogP contribution is 2.29. The molecule has 96 valence electrons. The molecule has 0 aromatic rings. The van der Waals surface area contributed by atoms with Crippen LogP contribution >= 0.6 is 0 Å². The molecule has 2 heterocycles. The molecule has 1 unspecified atom stereocenters. The molecule has 17 heavy (non-hydrogen) atoms. The summed E-state index contributed by atoms with van der Waals surface area (Å²) in [6.45, 7) is 8.14. The third-order valence-corrected chi connectivity index (χ3v) is 3.83. The van der Waals surface area contributed by atoms with Gasteiger partial charge in [-0.25, -0.2) is 4.99 Å². The number of guanidine groups is 1. The summed E-state index contributed by atoms with van der Waals surface area (Å²) in [5.41, 5.74) is 12.4. The third kappa shape index (κ3) is 2.10. The Morgan fingerprint density at radius 2 is 1.82 bits per heavy atom. The average Bonchev–Trinajstić information content (AvgIpc) is 2.26. The molecule has 2 aliphatic heterocycles. The summed E-state index contributed by atoms with van der Waals surface area (Å²) in [5.74, 6) is 1.02. The Morgan fingerprint density at radius 3 is 2.41 bits per heavy atom. The standard InChI is InChI=1S/C11H22N6/c1-8-9(12)14-10(13)15-11(8,2)17-6-4-16(3)5-7-17/h4-7,12H2,1-3H3,(H3,13,14,15). The Balaban J connectivity index is 2.25. The molecule has 5 N–H and O–H groups in total. The normalized spacial score (nSPS) is 32.3. The summed E-state index contributed by atoms with van der Waals surface area (Å²) in [6, 6.07) is 0. The van der Waals surface area contributed by atoms with Gasteiger partial charge in [-0.2, -0.15) is 0 Å². The van der Waals surface area contributed by atoms with E-state index in [1.54, 1.807) is 0 Å². The summed E-state index contributed by atoms with van der Waals surface area (Å²) in [5, 5.41) is 2.88. The molecule has 6 nitrogen and oxygen atoms in total. The van der Waals surface area contributed by atoms with Gasteiger partial charge in [0.2, 0.25) is 0 Å². The minimum Gasteiger partial charge on any atom is -0.385 e. The van der Waals surface area contributed by atoms with E-state index in [2.05, 4.69) is 34.1 Å². The summed E-state index contributed by atoms with van der Waals surface area (Å²) in [6.07, 6.45) is 0. The van der Waals surface area contributed by atoms with E-state index >= 15 is 0 Å². The van der Waals surface area contributed by atoms with Crippen LogP contribution in [0.2, 0.25) is 0 Å². The fourth-order valence-electron chi connectivity index (χ4n) is 2.38. The summed E-state index contributed by atoms with van der Waals surface area (Å²) < 4.78 is 0. The van der Waals surface area contributed by atoms with E-state index in [-0.39, 0.29) is 0 Å². The molecule has 0 aromatic carbocycles. The first kappa shape index (κ1) is 12.2. The number of hydrogen-bond acceptors (Lipinski definition) is 6. The number of nitrogens with one attached hydrogen (secondary N) is 1. The van der Waals surface area contributed by atoms with Gasteiger partial charge in [-0.05, 0) is 20.9 Å². The van der Waals surface area contributed by atoms with E-state index in [1.165, 1.54) is 0 Å². The topological polar surface area (TPSA) is 82.9 Å². The molecule has 1 fully saturated rings. The van der Waals surface area contributed by atoms with Crippen molar-refractivity contribution in [3.8, 4) is 0 Å². The van der Waals surface area contributed by atoms with Crippen molar-refractivity contribution in [3.05, 3.63) is 11.4 Å². The highest BCUT2D eigenvalue weighted by Gasteiger charge is 2.38. The number of aliphatic imine (C=N–C) groups is 1. The number of nitrogens with zero attached hydrogens (tertiary/aromatic N) is 3. The van der Waals surface area contributed by atoms with E-state index in [0.717, 1.165) is 31.8 Å². The van der Waals surface area contributed by atoms with Crippen molar-refractivity contribution in [2.45, 2.75) is 19.5 Å². The first-order valence-electron chi connectivity index (χ1n) is 5.96. The van der Waals surface area contributed by atoms with Gasteiger partial charge >= 0.3 is 0 Å². The molecular weight excluding hydrogens is 216 g/mol. The van der Waals surface area contributed by atoms with E-state index in [9.17, 15) is 0 Å². The molecule has 0 aromatic heterocycles. The van der Waals surface area contributed by atoms with Gasteiger partial charge in [0.25, 0.3) is 0 Å². The van der Waals surface area contributed by atoms with Crippen molar-refractivity contribution < 1.29 is 0 Å². The second-order valence-corrected chi connectivity index (χ2v) is 4.97. The number of rotatable bonds is 1. The van der Waals surface area contributed by atoms with Crippen LogP contribution in [0.3, 0.4) is 0 Å². The predicted octanol–water partition coefficient (Wildman–Crippen LogP) is -0.942. The van der Waals surface area contributed by atoms with Crippen molar-refractivity contribution in [1.82, 2.24) is 15.1 Å². The van der Waals surface area contributed by atoms with Crippen molar-refractivity contribution >= 4 is 5.96 Å². The second kappa shape index (κ2) is 4.19. The highest BCUT2D eigenvalue weighted by molar-refractivity contribution is 5.81. The first-order valence-corrected chi connectivity index (χ1v) is 5.96. The van der Waals surface area contributed by atoms with Crippen LogP contribution in [0.1, 0.15) is 13.8 Å². The summed E-state index contributed by atoms with van der Waals surface area (Å²) >= 11 is 0.